The Bertz CT molecular complexity index is 133. The van der Waals surface area contributed by atoms with E-state index in [9.17, 15) is 4.79 Å². The van der Waals surface area contributed by atoms with E-state index in [0.29, 0.717) is 6.42 Å². The van der Waals surface area contributed by atoms with Crippen LogP contribution in [0.1, 0.15) is 13.3 Å². The summed E-state index contributed by atoms with van der Waals surface area (Å²) in [6.07, 6.45) is 0.582. The molecule has 0 bridgehead atoms. The van der Waals surface area contributed by atoms with Gasteiger partial charge in [-0.05, 0) is 0 Å². The van der Waals surface area contributed by atoms with Crippen LogP contribution < -0.4 is 4.72 Å². The van der Waals surface area contributed by atoms with E-state index >= 15 is 0 Å². The number of carbonyl (C=O) groups is 1. The van der Waals surface area contributed by atoms with Gasteiger partial charge in [0.15, 0.2) is 0 Å². The molecule has 1 amide bonds. The predicted molar refractivity (Wildman–Crippen MR) is 54.2 cm³/mol. The van der Waals surface area contributed by atoms with Crippen LogP contribution in [0.25, 0.3) is 0 Å². The normalized spacial score (nSPS) is 11.3. The van der Waals surface area contributed by atoms with Crippen molar-refractivity contribution in [2.75, 3.05) is 5.38 Å². The molecule has 0 unspecified atom stereocenters. The van der Waals surface area contributed by atoms with E-state index in [4.69, 9.17) is 0 Å². The van der Waals surface area contributed by atoms with Crippen LogP contribution in [0.4, 0.5) is 0 Å². The lowest BCUT2D eigenvalue weighted by Gasteiger charge is -2.14. The van der Waals surface area contributed by atoms with E-state index in [1.54, 1.807) is 11.9 Å². The lowest BCUT2D eigenvalue weighted by atomic mass is 10.5. The molecule has 0 saturated carbocycles. The molecule has 66 valence electrons. The molecule has 0 rings (SSSR count). The third-order valence-corrected chi connectivity index (χ3v) is 5.43. The summed E-state index contributed by atoms with van der Waals surface area (Å²) in [4.78, 5) is 10.8. The third kappa shape index (κ3) is 7.94. The molecule has 0 radical (unpaired) electrons. The molecule has 4 heteroatoms. The Morgan fingerprint density at radius 3 is 2.36 bits per heavy atom. The second-order valence-electron chi connectivity index (χ2n) is 3.73. The topological polar surface area (TPSA) is 29.1 Å². The van der Waals surface area contributed by atoms with E-state index < -0.39 is 8.07 Å². The van der Waals surface area contributed by atoms with Gasteiger partial charge in [0.25, 0.3) is 0 Å². The van der Waals surface area contributed by atoms with Crippen molar-refractivity contribution in [3.8, 4) is 0 Å². The number of rotatable bonds is 4. The Morgan fingerprint density at radius 1 is 1.45 bits per heavy atom. The lowest BCUT2D eigenvalue weighted by Crippen LogP contribution is -2.27. The smallest absolute Gasteiger partial charge is 0.229 e. The molecule has 0 saturated heterocycles. The SMILES string of the molecule is CCC(=O)NSC[Si](C)(C)C. The molecule has 0 spiro atoms. The third-order valence-electron chi connectivity index (χ3n) is 1.01. The summed E-state index contributed by atoms with van der Waals surface area (Å²) in [5.41, 5.74) is 0. The summed E-state index contributed by atoms with van der Waals surface area (Å²) in [5, 5.41) is 1.10. The highest BCUT2D eigenvalue weighted by molar-refractivity contribution is 7.99. The minimum Gasteiger partial charge on any atom is -0.300 e. The molecule has 0 atom stereocenters. The fourth-order valence-electron chi connectivity index (χ4n) is 0.405. The van der Waals surface area contributed by atoms with E-state index in [2.05, 4.69) is 24.4 Å². The lowest BCUT2D eigenvalue weighted by molar-refractivity contribution is -0.118. The second-order valence-corrected chi connectivity index (χ2v) is 10.5. The van der Waals surface area contributed by atoms with Crippen LogP contribution in [-0.2, 0) is 4.79 Å². The van der Waals surface area contributed by atoms with Gasteiger partial charge >= 0.3 is 0 Å². The maximum Gasteiger partial charge on any atom is 0.229 e. The summed E-state index contributed by atoms with van der Waals surface area (Å²) in [7, 11) is -0.989. The van der Waals surface area contributed by atoms with Crippen LogP contribution in [0.2, 0.25) is 19.6 Å². The van der Waals surface area contributed by atoms with Crippen molar-refractivity contribution in [2.24, 2.45) is 0 Å². The molecule has 0 aliphatic rings. The van der Waals surface area contributed by atoms with Crippen molar-refractivity contribution >= 4 is 25.9 Å². The van der Waals surface area contributed by atoms with Crippen LogP contribution in [0.5, 0.6) is 0 Å². The highest BCUT2D eigenvalue weighted by atomic mass is 32.2. The van der Waals surface area contributed by atoms with Crippen molar-refractivity contribution < 1.29 is 4.79 Å². The number of carbonyl (C=O) groups excluding carboxylic acids is 1. The fraction of sp³-hybridized carbons (Fsp3) is 0.857. The summed E-state index contributed by atoms with van der Waals surface area (Å²) < 4.78 is 2.80. The highest BCUT2D eigenvalue weighted by Crippen LogP contribution is 2.07. The fourth-order valence-corrected chi connectivity index (χ4v) is 2.73. The van der Waals surface area contributed by atoms with Crippen LogP contribution in [0.3, 0.4) is 0 Å². The maximum absolute atomic E-state index is 10.8. The molecular formula is C7H17NOSSi. The van der Waals surface area contributed by atoms with Gasteiger partial charge in [-0.3, -0.25) is 4.79 Å². The largest absolute Gasteiger partial charge is 0.300 e. The zero-order chi connectivity index (χ0) is 8.91. The molecule has 0 aromatic rings. The highest BCUT2D eigenvalue weighted by Gasteiger charge is 2.12. The average Bonchev–Trinajstić information content (AvgIpc) is 1.85. The van der Waals surface area contributed by atoms with Gasteiger partial charge in [-0.15, -0.1) is 0 Å². The van der Waals surface area contributed by atoms with Gasteiger partial charge in [-0.1, -0.05) is 38.5 Å². The molecular weight excluding hydrogens is 174 g/mol. The zero-order valence-corrected chi connectivity index (χ0v) is 9.55. The van der Waals surface area contributed by atoms with Gasteiger partial charge in [0.1, 0.15) is 0 Å². The van der Waals surface area contributed by atoms with E-state index in [1.807, 2.05) is 6.92 Å². The molecule has 0 aromatic carbocycles. The Kier molecular flexibility index (Phi) is 4.84. The Labute approximate surface area is 74.3 Å². The minimum atomic E-state index is -0.989. The zero-order valence-electron chi connectivity index (χ0n) is 7.73. The molecule has 0 fully saturated rings. The summed E-state index contributed by atoms with van der Waals surface area (Å²) >= 11 is 1.56. The van der Waals surface area contributed by atoms with Gasteiger partial charge in [-0.2, -0.15) is 0 Å². The Morgan fingerprint density at radius 2 is 2.00 bits per heavy atom. The number of hydrogen-bond acceptors (Lipinski definition) is 2. The van der Waals surface area contributed by atoms with Crippen LogP contribution in [0.15, 0.2) is 0 Å². The van der Waals surface area contributed by atoms with Gasteiger partial charge < -0.3 is 4.72 Å². The van der Waals surface area contributed by atoms with Gasteiger partial charge in [-0.25, -0.2) is 0 Å². The molecule has 1 N–H and O–H groups in total. The second kappa shape index (κ2) is 4.82. The van der Waals surface area contributed by atoms with Gasteiger partial charge in [0.2, 0.25) is 5.91 Å². The molecule has 11 heavy (non-hydrogen) atoms. The first kappa shape index (κ1) is 11.0. The first-order valence-corrected chi connectivity index (χ1v) is 8.55. The van der Waals surface area contributed by atoms with E-state index in [0.717, 1.165) is 5.38 Å². The monoisotopic (exact) mass is 191 g/mol. The number of amides is 1. The van der Waals surface area contributed by atoms with Gasteiger partial charge in [0, 0.05) is 11.8 Å². The summed E-state index contributed by atoms with van der Waals surface area (Å²) in [6.45, 7) is 8.73. The van der Waals surface area contributed by atoms with Crippen LogP contribution in [-0.4, -0.2) is 19.4 Å². The minimum absolute atomic E-state index is 0.133. The summed E-state index contributed by atoms with van der Waals surface area (Å²) in [5.74, 6) is 0.133. The van der Waals surface area contributed by atoms with Gasteiger partial charge in [0.05, 0.1) is 8.07 Å². The van der Waals surface area contributed by atoms with Crippen molar-refractivity contribution in [2.45, 2.75) is 33.0 Å². The maximum atomic E-state index is 10.8. The number of hydrogen-bond donors (Lipinski definition) is 1. The standard InChI is InChI=1S/C7H17NOSSi/c1-5-7(9)8-10-6-11(2,3)4/h5-6H2,1-4H3,(H,8,9). The van der Waals surface area contributed by atoms with E-state index in [1.165, 1.54) is 0 Å². The van der Waals surface area contributed by atoms with Crippen molar-refractivity contribution in [3.05, 3.63) is 0 Å². The first-order chi connectivity index (χ1) is 4.95. The molecule has 0 aliphatic carbocycles. The quantitative estimate of drug-likeness (QED) is 0.544. The number of nitrogens with one attached hydrogen (secondary N) is 1. The van der Waals surface area contributed by atoms with Crippen molar-refractivity contribution in [1.82, 2.24) is 4.72 Å². The molecule has 0 heterocycles. The van der Waals surface area contributed by atoms with E-state index in [-0.39, 0.29) is 5.91 Å². The Hall–Kier alpha value is 0.0369. The Balaban J connectivity index is 3.35. The van der Waals surface area contributed by atoms with Crippen LogP contribution in [0, 0.1) is 0 Å². The molecule has 2 nitrogen and oxygen atoms in total. The summed E-state index contributed by atoms with van der Waals surface area (Å²) in [6, 6.07) is 0. The first-order valence-electron chi connectivity index (χ1n) is 3.86. The van der Waals surface area contributed by atoms with Crippen LogP contribution >= 0.6 is 11.9 Å². The predicted octanol–water partition coefficient (Wildman–Crippen LogP) is 2.04. The van der Waals surface area contributed by atoms with Crippen molar-refractivity contribution in [3.63, 3.8) is 0 Å². The molecule has 0 aliphatic heterocycles. The van der Waals surface area contributed by atoms with Crippen molar-refractivity contribution in [1.29, 1.82) is 0 Å². The average molecular weight is 191 g/mol. The molecule has 0 aromatic heterocycles.